The van der Waals surface area contributed by atoms with Crippen molar-refractivity contribution in [2.24, 2.45) is 11.3 Å². The van der Waals surface area contributed by atoms with Gasteiger partial charge in [0.25, 0.3) is 0 Å². The molecule has 0 aliphatic heterocycles. The van der Waals surface area contributed by atoms with Crippen LogP contribution < -0.4 is 25.6 Å². The first kappa shape index (κ1) is 54.3. The van der Waals surface area contributed by atoms with E-state index in [4.69, 9.17) is 18.5 Å². The van der Waals surface area contributed by atoms with Crippen molar-refractivity contribution in [1.82, 2.24) is 14.6 Å². The molecule has 1 fully saturated rings. The van der Waals surface area contributed by atoms with E-state index in [-0.39, 0.29) is 42.9 Å². The van der Waals surface area contributed by atoms with Gasteiger partial charge in [0.05, 0.1) is 39.6 Å². The summed E-state index contributed by atoms with van der Waals surface area (Å²) in [5, 5.41) is 29.8. The molecule has 18 heteroatoms. The second-order valence-corrected chi connectivity index (χ2v) is 20.2. The molecule has 6 rings (SSSR count). The van der Waals surface area contributed by atoms with Crippen LogP contribution in [0, 0.1) is 11.3 Å². The largest absolute Gasteiger partial charge is 0.497 e. The van der Waals surface area contributed by atoms with Gasteiger partial charge in [-0.25, -0.2) is 14.4 Å². The number of nitrogens with zero attached hydrogens (tertiary/aromatic N) is 2. The van der Waals surface area contributed by atoms with Gasteiger partial charge in [0.15, 0.2) is 5.12 Å². The first-order chi connectivity index (χ1) is 32.8. The Morgan fingerprint density at radius 2 is 1.38 bits per heavy atom. The Morgan fingerprint density at radius 3 is 1.87 bits per heavy atom. The zero-order valence-corrected chi connectivity index (χ0v) is 42.0. The summed E-state index contributed by atoms with van der Waals surface area (Å²) >= 11 is 1.12. The molecule has 5 atom stereocenters. The minimum atomic E-state index is -4.00. The van der Waals surface area contributed by atoms with Crippen LogP contribution in [0.1, 0.15) is 82.7 Å². The predicted molar refractivity (Wildman–Crippen MR) is 265 cm³/mol. The van der Waals surface area contributed by atoms with Gasteiger partial charge < -0.3 is 29.7 Å². The number of hydrogen-bond donors (Lipinski definition) is 4. The number of aliphatic hydroxyl groups excluding tert-OH is 1. The molecular formula is C51H63N4O12PS. The molecular weight excluding hydrogens is 924 g/mol. The summed E-state index contributed by atoms with van der Waals surface area (Å²) in [4.78, 5) is 50.9. The lowest BCUT2D eigenvalue weighted by atomic mass is 9.77. The fourth-order valence-corrected chi connectivity index (χ4v) is 10.2. The fourth-order valence-electron chi connectivity index (χ4n) is 7.82. The van der Waals surface area contributed by atoms with Crippen LogP contribution in [0.5, 0.6) is 11.5 Å². The van der Waals surface area contributed by atoms with Crippen molar-refractivity contribution in [1.29, 1.82) is 0 Å². The maximum absolute atomic E-state index is 14.2. The maximum atomic E-state index is 14.2. The third-order valence-electron chi connectivity index (χ3n) is 12.1. The summed E-state index contributed by atoms with van der Waals surface area (Å²) in [6.45, 7) is 9.42. The molecule has 0 saturated heterocycles. The third kappa shape index (κ3) is 14.0. The van der Waals surface area contributed by atoms with Crippen LogP contribution in [-0.2, 0) is 44.8 Å². The normalized spacial score (nSPS) is 18.8. The van der Waals surface area contributed by atoms with E-state index in [2.05, 4.69) is 20.1 Å². The van der Waals surface area contributed by atoms with Gasteiger partial charge in [0.2, 0.25) is 0 Å². The van der Waals surface area contributed by atoms with E-state index in [1.165, 1.54) is 25.3 Å². The molecule has 0 spiro atoms. The van der Waals surface area contributed by atoms with Gasteiger partial charge in [-0.05, 0) is 72.4 Å². The number of ether oxygens (including phenoxy) is 3. The lowest BCUT2D eigenvalue weighted by Gasteiger charge is -2.37. The van der Waals surface area contributed by atoms with Crippen LogP contribution in [-0.4, -0.2) is 81.7 Å². The van der Waals surface area contributed by atoms with E-state index in [0.717, 1.165) is 34.0 Å². The number of benzene rings is 4. The zero-order valence-electron chi connectivity index (χ0n) is 40.2. The van der Waals surface area contributed by atoms with Gasteiger partial charge in [0, 0.05) is 43.7 Å². The highest BCUT2D eigenvalue weighted by atomic mass is 32.2. The maximum Gasteiger partial charge on any atom is 0.405 e. The van der Waals surface area contributed by atoms with Crippen LogP contribution in [0.4, 0.5) is 5.82 Å². The van der Waals surface area contributed by atoms with Gasteiger partial charge in [-0.3, -0.25) is 28.0 Å². The number of carbonyl (C=O) groups is 3. The smallest absolute Gasteiger partial charge is 0.405 e. The molecule has 0 radical (unpaired) electrons. The van der Waals surface area contributed by atoms with Crippen molar-refractivity contribution in [3.8, 4) is 11.5 Å². The molecule has 1 aliphatic carbocycles. The van der Waals surface area contributed by atoms with Crippen molar-refractivity contribution in [2.45, 2.75) is 84.2 Å². The summed E-state index contributed by atoms with van der Waals surface area (Å²) in [6, 6.07) is 35.2. The molecule has 0 bridgehead atoms. The molecule has 4 N–H and O–H groups in total. The molecule has 0 amide bonds. The van der Waals surface area contributed by atoms with Crippen molar-refractivity contribution in [3.63, 3.8) is 0 Å². The van der Waals surface area contributed by atoms with Crippen molar-refractivity contribution in [3.05, 3.63) is 154 Å². The number of anilines is 1. The van der Waals surface area contributed by atoms with Gasteiger partial charge >= 0.3 is 25.4 Å². The van der Waals surface area contributed by atoms with Gasteiger partial charge in [-0.1, -0.05) is 117 Å². The quantitative estimate of drug-likeness (QED) is 0.0191. The van der Waals surface area contributed by atoms with Gasteiger partial charge in [-0.2, -0.15) is 4.98 Å². The van der Waals surface area contributed by atoms with Gasteiger partial charge in [0.1, 0.15) is 28.5 Å². The Balaban J connectivity index is 0.00000118. The lowest BCUT2D eigenvalue weighted by molar-refractivity contribution is -0.156. The van der Waals surface area contributed by atoms with Crippen molar-refractivity contribution in [2.75, 3.05) is 38.5 Å². The van der Waals surface area contributed by atoms with Crippen molar-refractivity contribution < 1.29 is 52.4 Å². The predicted octanol–water partition coefficient (Wildman–Crippen LogP) is 8.06. The summed E-state index contributed by atoms with van der Waals surface area (Å²) < 4.78 is 42.2. The third-order valence-corrected chi connectivity index (χ3v) is 14.8. The monoisotopic (exact) mass is 986 g/mol. The average Bonchev–Trinajstić information content (AvgIpc) is 3.57. The molecule has 5 aromatic rings. The number of hydrogen-bond acceptors (Lipinski definition) is 15. The highest BCUT2D eigenvalue weighted by Gasteiger charge is 2.52. The number of rotatable bonds is 20. The van der Waals surface area contributed by atoms with E-state index in [0.29, 0.717) is 17.9 Å². The summed E-state index contributed by atoms with van der Waals surface area (Å²) in [6.07, 6.45) is 0.976. The molecule has 1 aliphatic rings. The molecule has 1 saturated carbocycles. The molecule has 16 nitrogen and oxygen atoms in total. The first-order valence-corrected chi connectivity index (χ1v) is 25.0. The number of esters is 2. The van der Waals surface area contributed by atoms with E-state index < -0.39 is 60.0 Å². The van der Waals surface area contributed by atoms with Gasteiger partial charge in [-0.15, -0.1) is 0 Å². The first-order valence-electron chi connectivity index (χ1n) is 22.4. The Morgan fingerprint density at radius 1 is 0.841 bits per heavy atom. The van der Waals surface area contributed by atoms with Crippen LogP contribution in [0.15, 0.2) is 126 Å². The molecule has 69 heavy (non-hydrogen) atoms. The highest BCUT2D eigenvalue weighted by Crippen LogP contribution is 2.49. The SMILES string of the molecule is CC(=O)OC(C)=O.CCC(C)(C)C(=O)SCCOP(=O)(NCc1ccccc1)OC[C@H]1C[C@@H](n2ccc(NC(c3ccccc3)(c3ccc(OC)cc3)c3ccc(OC)cc3)nc2=O)[C@@](C)(O)C1O. The summed E-state index contributed by atoms with van der Waals surface area (Å²) in [5.41, 5.74) is -0.589. The zero-order chi connectivity index (χ0) is 50.4. The lowest BCUT2D eigenvalue weighted by Crippen LogP contribution is -2.45. The Hall–Kier alpha value is -5.65. The highest BCUT2D eigenvalue weighted by molar-refractivity contribution is 8.13. The number of nitrogens with one attached hydrogen (secondary N) is 2. The standard InChI is InChI=1S/C47H57N4O9PS.C4H6O3/c1-7-45(2,3)43(53)62-29-28-59-61(56,48-31-33-14-10-8-11-15-33)60-32-34-30-40(46(4,55)42(34)52)51-27-26-41(49-44(51)54)50-47(35-16-12-9-13-17-35,36-18-22-38(57-5)23-19-36)37-20-24-39(58-6)25-21-37;1-3(5)7-4(2)6/h8-27,34,40,42,52,55H,7,28-32H2,1-6H3,(H,48,56)(H,49,50,54);1-2H3/t34-,40-,42?,46-,61?;/m1./s1. The topological polar surface area (TPSA) is 214 Å². The minimum absolute atomic E-state index is 0.0116. The number of aliphatic hydroxyl groups is 2. The second-order valence-electron chi connectivity index (χ2n) is 17.3. The summed E-state index contributed by atoms with van der Waals surface area (Å²) in [5.74, 6) is 0.0168. The molecule has 2 unspecified atom stereocenters. The van der Waals surface area contributed by atoms with Crippen LogP contribution in [0.3, 0.4) is 0 Å². The number of aromatic nitrogens is 2. The van der Waals surface area contributed by atoms with Crippen LogP contribution >= 0.6 is 19.5 Å². The average molecular weight is 987 g/mol. The summed E-state index contributed by atoms with van der Waals surface area (Å²) in [7, 11) is -0.785. The second kappa shape index (κ2) is 24.3. The Labute approximate surface area is 407 Å². The van der Waals surface area contributed by atoms with Crippen molar-refractivity contribution >= 4 is 42.4 Å². The van der Waals surface area contributed by atoms with E-state index in [9.17, 15) is 34.0 Å². The van der Waals surface area contributed by atoms with E-state index in [1.807, 2.05) is 130 Å². The Bertz CT molecular complexity index is 2520. The number of methoxy groups -OCH3 is 2. The molecule has 1 aromatic heterocycles. The van der Waals surface area contributed by atoms with E-state index in [1.54, 1.807) is 26.5 Å². The van der Waals surface area contributed by atoms with E-state index >= 15 is 0 Å². The number of thioether (sulfide) groups is 1. The number of carbonyl (C=O) groups excluding carboxylic acids is 3. The molecule has 4 aromatic carbocycles. The van der Waals surface area contributed by atoms with Crippen LogP contribution in [0.25, 0.3) is 0 Å². The molecule has 1 heterocycles. The minimum Gasteiger partial charge on any atom is -0.497 e. The fraction of sp³-hybridized carbons (Fsp3) is 0.392. The van der Waals surface area contributed by atoms with Crippen LogP contribution in [0.2, 0.25) is 0 Å². The molecule has 370 valence electrons. The Kier molecular flexibility index (Phi) is 19.1.